The van der Waals surface area contributed by atoms with Crippen molar-refractivity contribution in [2.24, 2.45) is 5.41 Å². The SMILES string of the molecule is CCC1(C)CCN(CC(O)c2cc(C)ccc2C)CC1. The Morgan fingerprint density at radius 1 is 1.25 bits per heavy atom. The molecule has 0 amide bonds. The number of β-amino-alcohol motifs (C(OH)–C–C–N with tert-alkyl or cyclic N) is 1. The molecule has 1 aliphatic heterocycles. The molecular formula is C18H29NO. The molecule has 1 unspecified atom stereocenters. The van der Waals surface area contributed by atoms with Crippen LogP contribution in [-0.4, -0.2) is 29.6 Å². The van der Waals surface area contributed by atoms with Crippen LogP contribution < -0.4 is 0 Å². The van der Waals surface area contributed by atoms with Crippen LogP contribution in [-0.2, 0) is 0 Å². The Kier molecular flexibility index (Phi) is 4.87. The third kappa shape index (κ3) is 3.62. The number of aliphatic hydroxyl groups excluding tert-OH is 1. The number of hydrogen-bond donors (Lipinski definition) is 1. The van der Waals surface area contributed by atoms with Crippen molar-refractivity contribution in [3.05, 3.63) is 34.9 Å². The van der Waals surface area contributed by atoms with Gasteiger partial charge in [0.05, 0.1) is 6.10 Å². The van der Waals surface area contributed by atoms with Crippen molar-refractivity contribution in [3.63, 3.8) is 0 Å². The average Bonchev–Trinajstić information content (AvgIpc) is 2.44. The lowest BCUT2D eigenvalue weighted by molar-refractivity contribution is 0.0624. The molecule has 0 spiro atoms. The van der Waals surface area contributed by atoms with Crippen LogP contribution in [0.15, 0.2) is 18.2 Å². The molecule has 112 valence electrons. The molecule has 2 nitrogen and oxygen atoms in total. The maximum Gasteiger partial charge on any atom is 0.0919 e. The fourth-order valence-corrected chi connectivity index (χ4v) is 3.09. The van der Waals surface area contributed by atoms with E-state index in [0.29, 0.717) is 5.41 Å². The van der Waals surface area contributed by atoms with Gasteiger partial charge in [-0.25, -0.2) is 0 Å². The molecule has 1 aromatic carbocycles. The summed E-state index contributed by atoms with van der Waals surface area (Å²) < 4.78 is 0. The first-order valence-corrected chi connectivity index (χ1v) is 7.91. The predicted octanol–water partition coefficient (Wildman–Crippen LogP) is 3.85. The first kappa shape index (κ1) is 15.5. The highest BCUT2D eigenvalue weighted by Crippen LogP contribution is 2.34. The minimum absolute atomic E-state index is 0.360. The van der Waals surface area contributed by atoms with Gasteiger partial charge >= 0.3 is 0 Å². The van der Waals surface area contributed by atoms with Crippen LogP contribution in [0.3, 0.4) is 0 Å². The van der Waals surface area contributed by atoms with Crippen molar-refractivity contribution in [1.29, 1.82) is 0 Å². The van der Waals surface area contributed by atoms with E-state index in [2.05, 4.69) is 50.8 Å². The van der Waals surface area contributed by atoms with Crippen molar-refractivity contribution in [1.82, 2.24) is 4.90 Å². The van der Waals surface area contributed by atoms with Crippen LogP contribution >= 0.6 is 0 Å². The Bertz CT molecular complexity index is 447. The molecule has 2 heteroatoms. The molecule has 2 rings (SSSR count). The fraction of sp³-hybridized carbons (Fsp3) is 0.667. The summed E-state index contributed by atoms with van der Waals surface area (Å²) >= 11 is 0. The highest BCUT2D eigenvalue weighted by molar-refractivity contribution is 5.32. The minimum Gasteiger partial charge on any atom is -0.387 e. The van der Waals surface area contributed by atoms with Gasteiger partial charge in [-0.2, -0.15) is 0 Å². The van der Waals surface area contributed by atoms with E-state index in [1.165, 1.54) is 30.4 Å². The summed E-state index contributed by atoms with van der Waals surface area (Å²) in [4.78, 5) is 2.42. The van der Waals surface area contributed by atoms with Gasteiger partial charge < -0.3 is 10.0 Å². The molecule has 1 atom stereocenters. The Morgan fingerprint density at radius 2 is 1.90 bits per heavy atom. The summed E-state index contributed by atoms with van der Waals surface area (Å²) in [7, 11) is 0. The zero-order valence-corrected chi connectivity index (χ0v) is 13.4. The minimum atomic E-state index is -0.360. The van der Waals surface area contributed by atoms with Crippen LogP contribution in [0.4, 0.5) is 0 Å². The zero-order chi connectivity index (χ0) is 14.8. The van der Waals surface area contributed by atoms with Gasteiger partial charge in [0.2, 0.25) is 0 Å². The highest BCUT2D eigenvalue weighted by atomic mass is 16.3. The van der Waals surface area contributed by atoms with E-state index in [0.717, 1.165) is 25.2 Å². The summed E-state index contributed by atoms with van der Waals surface area (Å²) in [6.07, 6.45) is 3.41. The molecule has 1 N–H and O–H groups in total. The van der Waals surface area contributed by atoms with Gasteiger partial charge in [0, 0.05) is 6.54 Å². The van der Waals surface area contributed by atoms with E-state index in [-0.39, 0.29) is 6.10 Å². The topological polar surface area (TPSA) is 23.5 Å². The monoisotopic (exact) mass is 275 g/mol. The van der Waals surface area contributed by atoms with Crippen LogP contribution in [0.2, 0.25) is 0 Å². The van der Waals surface area contributed by atoms with Crippen LogP contribution in [0.1, 0.15) is 55.9 Å². The lowest BCUT2D eigenvalue weighted by Crippen LogP contribution is -2.40. The molecule has 1 aromatic rings. The quantitative estimate of drug-likeness (QED) is 0.902. The molecule has 0 aromatic heterocycles. The number of hydrogen-bond acceptors (Lipinski definition) is 2. The summed E-state index contributed by atoms with van der Waals surface area (Å²) in [5.41, 5.74) is 4.02. The maximum atomic E-state index is 10.5. The second-order valence-corrected chi connectivity index (χ2v) is 6.84. The molecule has 1 fully saturated rings. The van der Waals surface area contributed by atoms with Gasteiger partial charge in [-0.1, -0.05) is 44.0 Å². The number of aliphatic hydroxyl groups is 1. The molecular weight excluding hydrogens is 246 g/mol. The Balaban J connectivity index is 1.96. The number of likely N-dealkylation sites (tertiary alicyclic amines) is 1. The lowest BCUT2D eigenvalue weighted by Gasteiger charge is -2.39. The third-order valence-electron chi connectivity index (χ3n) is 5.14. The van der Waals surface area contributed by atoms with Gasteiger partial charge in [-0.15, -0.1) is 0 Å². The van der Waals surface area contributed by atoms with E-state index in [1.807, 2.05) is 0 Å². The molecule has 20 heavy (non-hydrogen) atoms. The summed E-state index contributed by atoms with van der Waals surface area (Å²) in [5, 5.41) is 10.5. The molecule has 0 aliphatic carbocycles. The summed E-state index contributed by atoms with van der Waals surface area (Å²) in [5.74, 6) is 0. The third-order valence-corrected chi connectivity index (χ3v) is 5.14. The van der Waals surface area contributed by atoms with Gasteiger partial charge in [0.15, 0.2) is 0 Å². The largest absolute Gasteiger partial charge is 0.387 e. The Labute approximate surface area is 123 Å². The van der Waals surface area contributed by atoms with Crippen LogP contribution in [0.5, 0.6) is 0 Å². The van der Waals surface area contributed by atoms with Gasteiger partial charge in [-0.05, 0) is 56.3 Å². The van der Waals surface area contributed by atoms with Crippen molar-refractivity contribution >= 4 is 0 Å². The van der Waals surface area contributed by atoms with Gasteiger partial charge in [-0.3, -0.25) is 0 Å². The van der Waals surface area contributed by atoms with Crippen molar-refractivity contribution in [3.8, 4) is 0 Å². The second kappa shape index (κ2) is 6.28. The van der Waals surface area contributed by atoms with Crippen LogP contribution in [0, 0.1) is 19.3 Å². The Morgan fingerprint density at radius 3 is 2.50 bits per heavy atom. The number of piperidine rings is 1. The lowest BCUT2D eigenvalue weighted by atomic mass is 9.78. The van der Waals surface area contributed by atoms with Crippen molar-refractivity contribution in [2.45, 2.75) is 53.1 Å². The molecule has 1 aliphatic rings. The van der Waals surface area contributed by atoms with Gasteiger partial charge in [0.1, 0.15) is 0 Å². The van der Waals surface area contributed by atoms with E-state index >= 15 is 0 Å². The molecule has 0 radical (unpaired) electrons. The van der Waals surface area contributed by atoms with Gasteiger partial charge in [0.25, 0.3) is 0 Å². The average molecular weight is 275 g/mol. The smallest absolute Gasteiger partial charge is 0.0919 e. The van der Waals surface area contributed by atoms with E-state index < -0.39 is 0 Å². The highest BCUT2D eigenvalue weighted by Gasteiger charge is 2.29. The number of benzene rings is 1. The molecule has 1 heterocycles. The second-order valence-electron chi connectivity index (χ2n) is 6.84. The fourth-order valence-electron chi connectivity index (χ4n) is 3.09. The summed E-state index contributed by atoms with van der Waals surface area (Å²) in [6, 6.07) is 6.34. The molecule has 0 saturated carbocycles. The molecule has 1 saturated heterocycles. The maximum absolute atomic E-state index is 10.5. The predicted molar refractivity (Wildman–Crippen MR) is 84.9 cm³/mol. The first-order valence-electron chi connectivity index (χ1n) is 7.91. The molecule has 0 bridgehead atoms. The van der Waals surface area contributed by atoms with E-state index in [9.17, 15) is 5.11 Å². The van der Waals surface area contributed by atoms with E-state index in [1.54, 1.807) is 0 Å². The number of rotatable bonds is 4. The number of aryl methyl sites for hydroxylation is 2. The standard InChI is InChI=1S/C18H29NO/c1-5-18(4)8-10-19(11-9-18)13-17(20)16-12-14(2)6-7-15(16)3/h6-7,12,17,20H,5,8-11,13H2,1-4H3. The van der Waals surface area contributed by atoms with E-state index in [4.69, 9.17) is 0 Å². The summed E-state index contributed by atoms with van der Waals surface area (Å²) in [6.45, 7) is 11.9. The first-order chi connectivity index (χ1) is 9.43. The Hall–Kier alpha value is -0.860. The number of nitrogens with zero attached hydrogens (tertiary/aromatic N) is 1. The van der Waals surface area contributed by atoms with Crippen LogP contribution in [0.25, 0.3) is 0 Å². The van der Waals surface area contributed by atoms with Crippen molar-refractivity contribution in [2.75, 3.05) is 19.6 Å². The normalized spacial score (nSPS) is 20.9. The van der Waals surface area contributed by atoms with Crippen molar-refractivity contribution < 1.29 is 5.11 Å². The zero-order valence-electron chi connectivity index (χ0n) is 13.4.